The molecule has 2 aliphatic rings. The van der Waals surface area contributed by atoms with Crippen molar-refractivity contribution in [1.82, 2.24) is 0 Å². The van der Waals surface area contributed by atoms with Gasteiger partial charge in [-0.25, -0.2) is 0 Å². The number of benzene rings is 4. The summed E-state index contributed by atoms with van der Waals surface area (Å²) in [4.78, 5) is 0. The molecule has 0 N–H and O–H groups in total. The van der Waals surface area contributed by atoms with E-state index < -0.39 is 21.7 Å². The summed E-state index contributed by atoms with van der Waals surface area (Å²) < 4.78 is 1.25. The Hall–Kier alpha value is -2.32. The summed E-state index contributed by atoms with van der Waals surface area (Å²) in [5, 5.41) is 0. The van der Waals surface area contributed by atoms with Crippen molar-refractivity contribution in [3.63, 3.8) is 0 Å². The third-order valence-electron chi connectivity index (χ3n) is 6.79. The van der Waals surface area contributed by atoms with Crippen LogP contribution in [0.2, 0.25) is 13.1 Å². The van der Waals surface area contributed by atoms with Crippen molar-refractivity contribution in [1.29, 1.82) is 0 Å². The third kappa shape index (κ3) is 2.59. The molecule has 0 nitrogen and oxygen atoms in total. The summed E-state index contributed by atoms with van der Waals surface area (Å²) in [6.07, 6.45) is 0. The number of hydrogen-bond acceptors (Lipinski definition) is 0. The number of hydrogen-bond donors (Lipinski definition) is 0. The zero-order valence-corrected chi connectivity index (χ0v) is 20.0. The van der Waals surface area contributed by atoms with Crippen molar-refractivity contribution in [2.45, 2.75) is 22.4 Å². The van der Waals surface area contributed by atoms with Gasteiger partial charge in [0.1, 0.15) is 0 Å². The van der Waals surface area contributed by atoms with Gasteiger partial charge >= 0.3 is 186 Å². The van der Waals surface area contributed by atoms with Gasteiger partial charge in [0.25, 0.3) is 0 Å². The number of rotatable bonds is 3. The first-order chi connectivity index (χ1) is 14.8. The monoisotopic (exact) mass is 440 g/mol. The Kier molecular flexibility index (Phi) is 4.38. The predicted molar refractivity (Wildman–Crippen MR) is 126 cm³/mol. The molecule has 0 fully saturated rings. The van der Waals surface area contributed by atoms with Crippen LogP contribution in [0, 0.1) is 0 Å². The van der Waals surface area contributed by atoms with Crippen molar-refractivity contribution < 1.29 is 14.5 Å². The van der Waals surface area contributed by atoms with Crippen LogP contribution in [0.25, 0.3) is 22.3 Å². The van der Waals surface area contributed by atoms with Gasteiger partial charge in [-0.1, -0.05) is 0 Å². The van der Waals surface area contributed by atoms with E-state index in [0.29, 0.717) is 9.26 Å². The van der Waals surface area contributed by atoms with Gasteiger partial charge in [-0.3, -0.25) is 0 Å². The predicted octanol–water partition coefficient (Wildman–Crippen LogP) is 7.13. The van der Waals surface area contributed by atoms with Gasteiger partial charge in [0.15, 0.2) is 0 Å². The molecule has 0 bridgehead atoms. The van der Waals surface area contributed by atoms with Gasteiger partial charge in [-0.2, -0.15) is 0 Å². The molecule has 0 radical (unpaired) electrons. The van der Waals surface area contributed by atoms with Gasteiger partial charge in [-0.15, -0.1) is 0 Å². The quantitative estimate of drug-likeness (QED) is 0.297. The molecular weight excluding hydrogens is 415 g/mol. The van der Waals surface area contributed by atoms with E-state index in [0.717, 1.165) is 0 Å². The first kappa shape index (κ1) is 18.5. The topological polar surface area (TPSA) is 0 Å². The summed E-state index contributed by atoms with van der Waals surface area (Å²) in [5.74, 6) is 0. The molecule has 146 valence electrons. The van der Waals surface area contributed by atoms with Gasteiger partial charge in [0, 0.05) is 0 Å². The van der Waals surface area contributed by atoms with Crippen LogP contribution in [0.4, 0.5) is 0 Å². The SMILES string of the molecule is C[SiH](C)[V]([CH]1c2ccccc2-c2ccccc21)[CH]1c2ccccc2-c2ccccc21. The molecule has 0 spiro atoms. The van der Waals surface area contributed by atoms with Gasteiger partial charge in [0.05, 0.1) is 0 Å². The Bertz CT molecular complexity index is 1070. The van der Waals surface area contributed by atoms with E-state index in [1.54, 1.807) is 22.3 Å². The van der Waals surface area contributed by atoms with Crippen molar-refractivity contribution in [2.75, 3.05) is 0 Å². The summed E-state index contributed by atoms with van der Waals surface area (Å²) in [7, 11) is -0.881. The normalized spacial score (nSPS) is 14.7. The molecule has 6 rings (SSSR count). The summed E-state index contributed by atoms with van der Waals surface area (Å²) in [6.45, 7) is 5.24. The van der Waals surface area contributed by atoms with Gasteiger partial charge in [-0.05, 0) is 0 Å². The standard InChI is InChI=1S/2C13H9.C2H7Si.V/c2*1-3-7-12-10(5-1)9-11-6-2-4-8-13(11)12;1-3-2;/h2*1-9H;3H,1-2H3;. The van der Waals surface area contributed by atoms with Crippen LogP contribution in [0.3, 0.4) is 0 Å². The average molecular weight is 441 g/mol. The minimum atomic E-state index is -1.31. The third-order valence-corrected chi connectivity index (χ3v) is 19.6. The second kappa shape index (κ2) is 7.13. The van der Waals surface area contributed by atoms with E-state index in [1.165, 1.54) is 22.3 Å². The van der Waals surface area contributed by atoms with Crippen LogP contribution >= 0.6 is 0 Å². The fourth-order valence-electron chi connectivity index (χ4n) is 5.65. The molecule has 4 aromatic rings. The Morgan fingerprint density at radius 2 is 0.733 bits per heavy atom. The van der Waals surface area contributed by atoms with E-state index in [4.69, 9.17) is 0 Å². The molecule has 2 heteroatoms. The van der Waals surface area contributed by atoms with Crippen molar-refractivity contribution in [2.24, 2.45) is 0 Å². The molecule has 0 unspecified atom stereocenters. The number of fused-ring (bicyclic) bond motifs is 6. The Balaban J connectivity index is 1.61. The van der Waals surface area contributed by atoms with E-state index >= 15 is 0 Å². The Morgan fingerprint density at radius 1 is 0.467 bits per heavy atom. The van der Waals surface area contributed by atoms with Crippen LogP contribution < -0.4 is 0 Å². The van der Waals surface area contributed by atoms with Crippen molar-refractivity contribution in [3.8, 4) is 22.3 Å². The molecule has 0 heterocycles. The van der Waals surface area contributed by atoms with Crippen LogP contribution in [-0.4, -0.2) is 7.17 Å². The Morgan fingerprint density at radius 3 is 1.00 bits per heavy atom. The molecule has 0 atom stereocenters. The maximum atomic E-state index is 2.62. The van der Waals surface area contributed by atoms with Crippen molar-refractivity contribution in [3.05, 3.63) is 119 Å². The van der Waals surface area contributed by atoms with Crippen LogP contribution in [0.15, 0.2) is 97.1 Å². The first-order valence-electron chi connectivity index (χ1n) is 10.9. The van der Waals surface area contributed by atoms with Crippen molar-refractivity contribution >= 4 is 7.17 Å². The fourth-order valence-corrected chi connectivity index (χ4v) is 19.0. The van der Waals surface area contributed by atoms with E-state index in [9.17, 15) is 0 Å². The first-order valence-corrected chi connectivity index (χ1v) is 17.8. The summed E-state index contributed by atoms with van der Waals surface area (Å²) in [6, 6.07) is 36.9. The van der Waals surface area contributed by atoms with Crippen LogP contribution in [0.5, 0.6) is 0 Å². The zero-order chi connectivity index (χ0) is 20.2. The molecule has 4 aromatic carbocycles. The molecule has 30 heavy (non-hydrogen) atoms. The van der Waals surface area contributed by atoms with E-state index in [2.05, 4.69) is 110 Å². The van der Waals surface area contributed by atoms with E-state index in [1.807, 2.05) is 0 Å². The average Bonchev–Trinajstić information content (AvgIpc) is 3.29. The molecule has 0 saturated heterocycles. The molecule has 2 aliphatic carbocycles. The Labute approximate surface area is 185 Å². The summed E-state index contributed by atoms with van der Waals surface area (Å²) in [5.41, 5.74) is 12.3. The summed E-state index contributed by atoms with van der Waals surface area (Å²) >= 11 is -1.31. The zero-order valence-electron chi connectivity index (χ0n) is 17.4. The van der Waals surface area contributed by atoms with Gasteiger partial charge in [0.2, 0.25) is 0 Å². The molecule has 0 saturated carbocycles. The second-order valence-electron chi connectivity index (χ2n) is 8.70. The maximum absolute atomic E-state index is 2.62. The molecular formula is C28H25SiV. The van der Waals surface area contributed by atoms with Crippen LogP contribution in [-0.2, 0) is 14.5 Å². The van der Waals surface area contributed by atoms with Gasteiger partial charge < -0.3 is 0 Å². The second-order valence-corrected chi connectivity index (χ2v) is 21.2. The minimum absolute atomic E-state index is 0.626. The van der Waals surface area contributed by atoms with E-state index in [-0.39, 0.29) is 0 Å². The fraction of sp³-hybridized carbons (Fsp3) is 0.143. The molecule has 0 amide bonds. The molecule has 0 aromatic heterocycles. The van der Waals surface area contributed by atoms with Crippen LogP contribution in [0.1, 0.15) is 31.5 Å². The molecule has 0 aliphatic heterocycles.